The minimum atomic E-state index is -0.214. The van der Waals surface area contributed by atoms with E-state index in [1.807, 2.05) is 31.2 Å². The zero-order valence-electron chi connectivity index (χ0n) is 12.7. The molecule has 0 saturated carbocycles. The SMILES string of the molecule is Cc1ccc(CNC(=O)c2c(C)nc3c(Cl)cc(Cl)cn23)cc1. The summed E-state index contributed by atoms with van der Waals surface area (Å²) in [6, 6.07) is 9.62. The van der Waals surface area contributed by atoms with E-state index in [1.54, 1.807) is 23.6 Å². The molecule has 0 aliphatic rings. The van der Waals surface area contributed by atoms with Crippen LogP contribution in [0.5, 0.6) is 0 Å². The van der Waals surface area contributed by atoms with Gasteiger partial charge in [-0.25, -0.2) is 4.98 Å². The highest BCUT2D eigenvalue weighted by Crippen LogP contribution is 2.24. The van der Waals surface area contributed by atoms with Crippen molar-refractivity contribution in [1.29, 1.82) is 0 Å². The molecule has 4 nitrogen and oxygen atoms in total. The smallest absolute Gasteiger partial charge is 0.270 e. The first kappa shape index (κ1) is 15.8. The number of fused-ring (bicyclic) bond motifs is 1. The summed E-state index contributed by atoms with van der Waals surface area (Å²) in [6.45, 7) is 4.25. The number of nitrogens with zero attached hydrogens (tertiary/aromatic N) is 2. The van der Waals surface area contributed by atoms with Crippen molar-refractivity contribution in [3.8, 4) is 0 Å². The van der Waals surface area contributed by atoms with Gasteiger partial charge in [0.25, 0.3) is 5.91 Å². The number of imidazole rings is 1. The van der Waals surface area contributed by atoms with Gasteiger partial charge in [0.1, 0.15) is 5.69 Å². The van der Waals surface area contributed by atoms with E-state index >= 15 is 0 Å². The van der Waals surface area contributed by atoms with E-state index < -0.39 is 0 Å². The summed E-state index contributed by atoms with van der Waals surface area (Å²) in [5, 5.41) is 3.77. The van der Waals surface area contributed by atoms with Crippen LogP contribution in [0.1, 0.15) is 27.3 Å². The average molecular weight is 348 g/mol. The van der Waals surface area contributed by atoms with Gasteiger partial charge in [0.2, 0.25) is 0 Å². The monoisotopic (exact) mass is 347 g/mol. The highest BCUT2D eigenvalue weighted by Gasteiger charge is 2.18. The van der Waals surface area contributed by atoms with E-state index in [2.05, 4.69) is 10.3 Å². The van der Waals surface area contributed by atoms with E-state index in [0.717, 1.165) is 5.56 Å². The number of aryl methyl sites for hydroxylation is 2. The van der Waals surface area contributed by atoms with E-state index in [0.29, 0.717) is 33.6 Å². The largest absolute Gasteiger partial charge is 0.347 e. The Kier molecular flexibility index (Phi) is 4.28. The van der Waals surface area contributed by atoms with Gasteiger partial charge in [-0.1, -0.05) is 53.0 Å². The second-order valence-corrected chi connectivity index (χ2v) is 6.26. The van der Waals surface area contributed by atoms with E-state index in [1.165, 1.54) is 5.56 Å². The summed E-state index contributed by atoms with van der Waals surface area (Å²) in [7, 11) is 0. The maximum Gasteiger partial charge on any atom is 0.270 e. The van der Waals surface area contributed by atoms with Gasteiger partial charge >= 0.3 is 0 Å². The Labute approximate surface area is 144 Å². The number of hydrogen-bond acceptors (Lipinski definition) is 2. The summed E-state index contributed by atoms with van der Waals surface area (Å²) in [5.41, 5.74) is 3.79. The molecule has 3 aromatic rings. The zero-order valence-corrected chi connectivity index (χ0v) is 14.2. The van der Waals surface area contributed by atoms with Crippen LogP contribution < -0.4 is 5.32 Å². The lowest BCUT2D eigenvalue weighted by atomic mass is 10.1. The molecule has 0 bridgehead atoms. The number of carbonyl (C=O) groups excluding carboxylic acids is 1. The van der Waals surface area contributed by atoms with Gasteiger partial charge in [0.05, 0.1) is 15.7 Å². The normalized spacial score (nSPS) is 11.0. The second kappa shape index (κ2) is 6.22. The third kappa shape index (κ3) is 3.19. The Balaban J connectivity index is 1.89. The summed E-state index contributed by atoms with van der Waals surface area (Å²) in [5.74, 6) is -0.214. The molecule has 1 amide bonds. The first-order chi connectivity index (χ1) is 11.0. The molecule has 0 atom stereocenters. The fourth-order valence-corrected chi connectivity index (χ4v) is 2.95. The van der Waals surface area contributed by atoms with E-state index in [9.17, 15) is 4.79 Å². The predicted molar refractivity (Wildman–Crippen MR) is 92.3 cm³/mol. The molecular formula is C17H15Cl2N3O. The Morgan fingerprint density at radius 3 is 2.61 bits per heavy atom. The maximum absolute atomic E-state index is 12.5. The molecule has 1 aromatic carbocycles. The molecular weight excluding hydrogens is 333 g/mol. The number of hydrogen-bond donors (Lipinski definition) is 1. The Bertz CT molecular complexity index is 885. The van der Waals surface area contributed by atoms with Crippen molar-refractivity contribution < 1.29 is 4.79 Å². The molecule has 0 unspecified atom stereocenters. The Morgan fingerprint density at radius 2 is 1.91 bits per heavy atom. The minimum Gasteiger partial charge on any atom is -0.347 e. The molecule has 3 rings (SSSR count). The van der Waals surface area contributed by atoms with Crippen LogP contribution >= 0.6 is 23.2 Å². The number of halogens is 2. The standard InChI is InChI=1S/C17H15Cl2N3O/c1-10-3-5-12(6-4-10)8-20-17(23)15-11(2)21-16-14(19)7-13(18)9-22(15)16/h3-7,9H,8H2,1-2H3,(H,20,23). The number of pyridine rings is 1. The lowest BCUT2D eigenvalue weighted by molar-refractivity contribution is 0.0944. The van der Waals surface area contributed by atoms with Gasteiger partial charge in [-0.2, -0.15) is 0 Å². The lowest BCUT2D eigenvalue weighted by Gasteiger charge is -2.07. The predicted octanol–water partition coefficient (Wildman–Crippen LogP) is 4.19. The molecule has 6 heteroatoms. The molecule has 2 aromatic heterocycles. The summed E-state index contributed by atoms with van der Waals surface area (Å²) in [6.07, 6.45) is 1.64. The van der Waals surface area contributed by atoms with Crippen LogP contribution in [0, 0.1) is 13.8 Å². The van der Waals surface area contributed by atoms with E-state index in [-0.39, 0.29) is 5.91 Å². The first-order valence-corrected chi connectivity index (χ1v) is 7.89. The number of benzene rings is 1. The van der Waals surface area contributed by atoms with Crippen molar-refractivity contribution in [3.63, 3.8) is 0 Å². The van der Waals surface area contributed by atoms with Crippen molar-refractivity contribution >= 4 is 34.8 Å². The highest BCUT2D eigenvalue weighted by molar-refractivity contribution is 6.36. The zero-order chi connectivity index (χ0) is 16.6. The summed E-state index contributed by atoms with van der Waals surface area (Å²) in [4.78, 5) is 16.9. The number of amides is 1. The van der Waals surface area contributed by atoms with Gasteiger partial charge in [0.15, 0.2) is 5.65 Å². The van der Waals surface area contributed by atoms with Gasteiger partial charge in [-0.05, 0) is 25.5 Å². The Morgan fingerprint density at radius 1 is 1.22 bits per heavy atom. The highest BCUT2D eigenvalue weighted by atomic mass is 35.5. The maximum atomic E-state index is 12.5. The van der Waals surface area contributed by atoms with Crippen LogP contribution in [0.4, 0.5) is 0 Å². The quantitative estimate of drug-likeness (QED) is 0.772. The third-order valence-corrected chi connectivity index (χ3v) is 4.09. The van der Waals surface area contributed by atoms with Crippen molar-refractivity contribution in [1.82, 2.24) is 14.7 Å². The number of aromatic nitrogens is 2. The fraction of sp³-hybridized carbons (Fsp3) is 0.176. The van der Waals surface area contributed by atoms with Gasteiger partial charge in [-0.3, -0.25) is 9.20 Å². The molecule has 2 heterocycles. The van der Waals surface area contributed by atoms with Crippen LogP contribution in [-0.2, 0) is 6.54 Å². The van der Waals surface area contributed by atoms with Crippen molar-refractivity contribution in [2.75, 3.05) is 0 Å². The molecule has 0 spiro atoms. The molecule has 0 fully saturated rings. The number of nitrogens with one attached hydrogen (secondary N) is 1. The molecule has 0 radical (unpaired) electrons. The van der Waals surface area contributed by atoms with Gasteiger partial charge in [0, 0.05) is 12.7 Å². The fourth-order valence-electron chi connectivity index (χ4n) is 2.43. The van der Waals surface area contributed by atoms with Crippen LogP contribution in [0.3, 0.4) is 0 Å². The Hall–Kier alpha value is -2.04. The van der Waals surface area contributed by atoms with Crippen molar-refractivity contribution in [2.24, 2.45) is 0 Å². The van der Waals surface area contributed by atoms with Crippen LogP contribution in [0.2, 0.25) is 10.0 Å². The van der Waals surface area contributed by atoms with Crippen LogP contribution in [0.25, 0.3) is 5.65 Å². The topological polar surface area (TPSA) is 46.4 Å². The van der Waals surface area contributed by atoms with Crippen LogP contribution in [-0.4, -0.2) is 15.3 Å². The van der Waals surface area contributed by atoms with E-state index in [4.69, 9.17) is 23.2 Å². The third-order valence-electron chi connectivity index (χ3n) is 3.60. The summed E-state index contributed by atoms with van der Waals surface area (Å²) >= 11 is 12.2. The number of rotatable bonds is 3. The molecule has 118 valence electrons. The van der Waals surface area contributed by atoms with Gasteiger partial charge in [-0.15, -0.1) is 0 Å². The molecule has 1 N–H and O–H groups in total. The van der Waals surface area contributed by atoms with Crippen molar-refractivity contribution in [2.45, 2.75) is 20.4 Å². The molecule has 23 heavy (non-hydrogen) atoms. The van der Waals surface area contributed by atoms with Crippen molar-refractivity contribution in [3.05, 3.63) is 69.1 Å². The molecule has 0 aliphatic heterocycles. The molecule has 0 aliphatic carbocycles. The van der Waals surface area contributed by atoms with Crippen LogP contribution in [0.15, 0.2) is 36.5 Å². The first-order valence-electron chi connectivity index (χ1n) is 7.13. The lowest BCUT2D eigenvalue weighted by Crippen LogP contribution is -2.25. The average Bonchev–Trinajstić information content (AvgIpc) is 2.83. The molecule has 0 saturated heterocycles. The van der Waals surface area contributed by atoms with Gasteiger partial charge < -0.3 is 5.32 Å². The second-order valence-electron chi connectivity index (χ2n) is 5.41. The number of carbonyl (C=O) groups is 1. The summed E-state index contributed by atoms with van der Waals surface area (Å²) < 4.78 is 1.63. The minimum absolute atomic E-state index is 0.214.